The Morgan fingerprint density at radius 1 is 1.43 bits per heavy atom. The van der Waals surface area contributed by atoms with E-state index in [1.807, 2.05) is 6.92 Å². The fourth-order valence-electron chi connectivity index (χ4n) is 2.95. The van der Waals surface area contributed by atoms with Crippen LogP contribution in [-0.2, 0) is 9.53 Å². The maximum Gasteiger partial charge on any atom is 0.236 e. The molecule has 0 saturated carbocycles. The van der Waals surface area contributed by atoms with Crippen LogP contribution >= 0.6 is 0 Å². The zero-order valence-corrected chi connectivity index (χ0v) is 13.5. The van der Waals surface area contributed by atoms with E-state index in [2.05, 4.69) is 10.2 Å². The van der Waals surface area contributed by atoms with Crippen molar-refractivity contribution < 1.29 is 14.6 Å². The highest BCUT2D eigenvalue weighted by atomic mass is 16.5. The van der Waals surface area contributed by atoms with E-state index in [1.165, 1.54) is 0 Å². The second-order valence-corrected chi connectivity index (χ2v) is 6.59. The number of amides is 1. The van der Waals surface area contributed by atoms with E-state index >= 15 is 0 Å². The summed E-state index contributed by atoms with van der Waals surface area (Å²) >= 11 is 0. The van der Waals surface area contributed by atoms with Crippen LogP contribution in [0.2, 0.25) is 0 Å². The SMILES string of the molecule is CC1OCCC1(O)CNC1CCN(CC(=O)N(C)C)CC1. The molecule has 2 rings (SSSR count). The van der Waals surface area contributed by atoms with E-state index in [0.717, 1.165) is 25.9 Å². The van der Waals surface area contributed by atoms with Crippen LogP contribution in [0.3, 0.4) is 0 Å². The first kappa shape index (κ1) is 16.7. The molecular formula is C15H29N3O3. The van der Waals surface area contributed by atoms with Crippen LogP contribution in [0.1, 0.15) is 26.2 Å². The molecule has 0 spiro atoms. The molecule has 6 heteroatoms. The third-order valence-corrected chi connectivity index (χ3v) is 4.80. The highest BCUT2D eigenvalue weighted by molar-refractivity contribution is 5.77. The number of aliphatic hydroxyl groups is 1. The number of nitrogens with one attached hydrogen (secondary N) is 1. The molecule has 0 aromatic carbocycles. The predicted molar refractivity (Wildman–Crippen MR) is 81.1 cm³/mol. The van der Waals surface area contributed by atoms with Crippen LogP contribution in [0.4, 0.5) is 0 Å². The van der Waals surface area contributed by atoms with Crippen LogP contribution in [0.5, 0.6) is 0 Å². The fraction of sp³-hybridized carbons (Fsp3) is 0.933. The molecule has 2 atom stereocenters. The molecule has 2 heterocycles. The first-order chi connectivity index (χ1) is 9.90. The molecule has 0 radical (unpaired) electrons. The van der Waals surface area contributed by atoms with E-state index in [4.69, 9.17) is 4.74 Å². The lowest BCUT2D eigenvalue weighted by atomic mass is 9.95. The third-order valence-electron chi connectivity index (χ3n) is 4.80. The molecule has 2 saturated heterocycles. The van der Waals surface area contributed by atoms with E-state index in [1.54, 1.807) is 19.0 Å². The normalized spacial score (nSPS) is 31.5. The van der Waals surface area contributed by atoms with Crippen molar-refractivity contribution >= 4 is 5.91 Å². The second-order valence-electron chi connectivity index (χ2n) is 6.59. The molecule has 0 aromatic heterocycles. The number of carbonyl (C=O) groups excluding carboxylic acids is 1. The molecule has 6 nitrogen and oxygen atoms in total. The van der Waals surface area contributed by atoms with Crippen molar-refractivity contribution in [1.29, 1.82) is 0 Å². The van der Waals surface area contributed by atoms with E-state index in [9.17, 15) is 9.90 Å². The van der Waals surface area contributed by atoms with Gasteiger partial charge < -0.3 is 20.1 Å². The molecule has 122 valence electrons. The number of hydrogen-bond donors (Lipinski definition) is 2. The topological polar surface area (TPSA) is 65.0 Å². The van der Waals surface area contributed by atoms with Gasteiger partial charge in [-0.1, -0.05) is 0 Å². The van der Waals surface area contributed by atoms with Crippen molar-refractivity contribution in [3.63, 3.8) is 0 Å². The third kappa shape index (κ3) is 4.39. The summed E-state index contributed by atoms with van der Waals surface area (Å²) < 4.78 is 5.45. The van der Waals surface area contributed by atoms with Crippen LogP contribution in [0.15, 0.2) is 0 Å². The molecule has 0 bridgehead atoms. The minimum absolute atomic E-state index is 0.0946. The van der Waals surface area contributed by atoms with Crippen LogP contribution in [0.25, 0.3) is 0 Å². The van der Waals surface area contributed by atoms with Gasteiger partial charge >= 0.3 is 0 Å². The summed E-state index contributed by atoms with van der Waals surface area (Å²) in [4.78, 5) is 15.5. The number of piperidine rings is 1. The van der Waals surface area contributed by atoms with Crippen molar-refractivity contribution in [2.75, 3.05) is 46.9 Å². The Kier molecular flexibility index (Phi) is 5.60. The number of hydrogen-bond acceptors (Lipinski definition) is 5. The van der Waals surface area contributed by atoms with Gasteiger partial charge in [-0.2, -0.15) is 0 Å². The van der Waals surface area contributed by atoms with Gasteiger partial charge in [0.05, 0.1) is 12.6 Å². The lowest BCUT2D eigenvalue weighted by Gasteiger charge is -2.35. The maximum atomic E-state index is 11.7. The molecule has 2 unspecified atom stereocenters. The molecule has 2 fully saturated rings. The Hall–Kier alpha value is -0.690. The molecule has 21 heavy (non-hydrogen) atoms. The Morgan fingerprint density at radius 3 is 2.62 bits per heavy atom. The van der Waals surface area contributed by atoms with Crippen molar-refractivity contribution in [1.82, 2.24) is 15.1 Å². The molecule has 2 aliphatic rings. The largest absolute Gasteiger partial charge is 0.386 e. The zero-order valence-electron chi connectivity index (χ0n) is 13.5. The number of rotatable bonds is 5. The second kappa shape index (κ2) is 7.05. The first-order valence-electron chi connectivity index (χ1n) is 7.90. The van der Waals surface area contributed by atoms with Crippen molar-refractivity contribution in [3.05, 3.63) is 0 Å². The highest BCUT2D eigenvalue weighted by Gasteiger charge is 2.39. The van der Waals surface area contributed by atoms with Crippen LogP contribution in [0, 0.1) is 0 Å². The number of nitrogens with zero attached hydrogens (tertiary/aromatic N) is 2. The summed E-state index contributed by atoms with van der Waals surface area (Å²) in [5, 5.41) is 14.0. The summed E-state index contributed by atoms with van der Waals surface area (Å²) in [6.45, 7) is 5.54. The lowest BCUT2D eigenvalue weighted by molar-refractivity contribution is -0.130. The van der Waals surface area contributed by atoms with E-state index in [0.29, 0.717) is 32.2 Å². The van der Waals surface area contributed by atoms with Crippen molar-refractivity contribution in [2.45, 2.75) is 43.9 Å². The van der Waals surface area contributed by atoms with Gasteiger partial charge in [-0.25, -0.2) is 0 Å². The van der Waals surface area contributed by atoms with E-state index in [-0.39, 0.29) is 12.0 Å². The van der Waals surface area contributed by atoms with Gasteiger partial charge in [0.25, 0.3) is 0 Å². The Morgan fingerprint density at radius 2 is 2.10 bits per heavy atom. The summed E-state index contributed by atoms with van der Waals surface area (Å²) in [5.74, 6) is 0.160. The lowest BCUT2D eigenvalue weighted by Crippen LogP contribution is -2.51. The average molecular weight is 299 g/mol. The molecular weight excluding hydrogens is 270 g/mol. The summed E-state index contributed by atoms with van der Waals surface area (Å²) in [5.41, 5.74) is -0.724. The van der Waals surface area contributed by atoms with Crippen molar-refractivity contribution in [3.8, 4) is 0 Å². The fourth-order valence-corrected chi connectivity index (χ4v) is 2.95. The van der Waals surface area contributed by atoms with Gasteiger partial charge in [0.1, 0.15) is 5.60 Å². The number of likely N-dealkylation sites (N-methyl/N-ethyl adjacent to an activating group) is 1. The van der Waals surface area contributed by atoms with Crippen molar-refractivity contribution in [2.24, 2.45) is 0 Å². The minimum Gasteiger partial charge on any atom is -0.386 e. The first-order valence-corrected chi connectivity index (χ1v) is 7.90. The quantitative estimate of drug-likeness (QED) is 0.728. The van der Waals surface area contributed by atoms with Gasteiger partial charge in [-0.3, -0.25) is 9.69 Å². The minimum atomic E-state index is -0.724. The highest BCUT2D eigenvalue weighted by Crippen LogP contribution is 2.25. The van der Waals surface area contributed by atoms with E-state index < -0.39 is 5.60 Å². The van der Waals surface area contributed by atoms with Gasteiger partial charge in [0.15, 0.2) is 0 Å². The Labute approximate surface area is 127 Å². The van der Waals surface area contributed by atoms with Gasteiger partial charge in [0.2, 0.25) is 5.91 Å². The van der Waals surface area contributed by atoms with Gasteiger partial charge in [0, 0.05) is 52.8 Å². The molecule has 1 amide bonds. The van der Waals surface area contributed by atoms with Crippen LogP contribution < -0.4 is 5.32 Å². The number of ether oxygens (including phenoxy) is 1. The molecule has 0 aromatic rings. The molecule has 0 aliphatic carbocycles. The monoisotopic (exact) mass is 299 g/mol. The summed E-state index contributed by atoms with van der Waals surface area (Å²) in [7, 11) is 3.59. The average Bonchev–Trinajstić information content (AvgIpc) is 2.78. The summed E-state index contributed by atoms with van der Waals surface area (Å²) in [6, 6.07) is 0.424. The number of likely N-dealkylation sites (tertiary alicyclic amines) is 1. The van der Waals surface area contributed by atoms with Gasteiger partial charge in [-0.15, -0.1) is 0 Å². The summed E-state index contributed by atoms with van der Waals surface area (Å²) in [6.07, 6.45) is 2.65. The molecule has 2 N–H and O–H groups in total. The predicted octanol–water partition coefficient (Wildman–Crippen LogP) is -0.331. The zero-order chi connectivity index (χ0) is 15.5. The van der Waals surface area contributed by atoms with Gasteiger partial charge in [-0.05, 0) is 19.8 Å². The molecule has 2 aliphatic heterocycles. The Balaban J connectivity index is 1.68. The number of carbonyl (C=O) groups is 1. The van der Waals surface area contributed by atoms with Crippen LogP contribution in [-0.4, -0.2) is 85.4 Å². The Bertz CT molecular complexity index is 356. The maximum absolute atomic E-state index is 11.7. The smallest absolute Gasteiger partial charge is 0.236 e. The standard InChI is InChI=1S/C15H29N3O3/c1-12-15(20,6-9-21-12)11-16-13-4-7-18(8-5-13)10-14(19)17(2)3/h12-13,16,20H,4-11H2,1-3H3.